The van der Waals surface area contributed by atoms with Crippen molar-refractivity contribution in [3.63, 3.8) is 0 Å². The highest BCUT2D eigenvalue weighted by molar-refractivity contribution is 4.87. The van der Waals surface area contributed by atoms with Gasteiger partial charge in [-0.2, -0.15) is 0 Å². The third-order valence-electron chi connectivity index (χ3n) is 3.77. The molecule has 1 rings (SSSR count). The number of hydrogen-bond donors (Lipinski definition) is 1. The Morgan fingerprint density at radius 2 is 1.81 bits per heavy atom. The summed E-state index contributed by atoms with van der Waals surface area (Å²) in [5.74, 6) is 0. The maximum absolute atomic E-state index is 3.75. The van der Waals surface area contributed by atoms with Crippen LogP contribution in [0.15, 0.2) is 0 Å². The lowest BCUT2D eigenvalue weighted by molar-refractivity contribution is 0.127. The normalized spacial score (nSPS) is 26.2. The molecule has 0 heterocycles. The van der Waals surface area contributed by atoms with E-state index in [4.69, 9.17) is 0 Å². The van der Waals surface area contributed by atoms with Crippen LogP contribution in [0.2, 0.25) is 0 Å². The molecule has 2 atom stereocenters. The van der Waals surface area contributed by atoms with Crippen molar-refractivity contribution in [3.05, 3.63) is 0 Å². The van der Waals surface area contributed by atoms with E-state index in [-0.39, 0.29) is 0 Å². The summed E-state index contributed by atoms with van der Waals surface area (Å²) in [7, 11) is 0. The van der Waals surface area contributed by atoms with Gasteiger partial charge in [-0.05, 0) is 45.3 Å². The molecule has 0 aromatic heterocycles. The van der Waals surface area contributed by atoms with Crippen molar-refractivity contribution in [2.24, 2.45) is 0 Å². The van der Waals surface area contributed by atoms with Crippen LogP contribution in [0, 0.1) is 0 Å². The Hall–Kier alpha value is -0.0800. The van der Waals surface area contributed by atoms with Crippen LogP contribution >= 0.6 is 0 Å². The highest BCUT2D eigenvalue weighted by Gasteiger charge is 2.28. The molecule has 0 aromatic rings. The van der Waals surface area contributed by atoms with Crippen molar-refractivity contribution < 1.29 is 0 Å². The zero-order valence-corrected chi connectivity index (χ0v) is 11.5. The van der Waals surface area contributed by atoms with E-state index in [1.165, 1.54) is 58.2 Å². The molecule has 1 aliphatic rings. The number of nitrogens with one attached hydrogen (secondary N) is 1. The van der Waals surface area contributed by atoms with Crippen molar-refractivity contribution >= 4 is 0 Å². The van der Waals surface area contributed by atoms with Crippen molar-refractivity contribution in [2.45, 2.75) is 71.4 Å². The molecule has 0 bridgehead atoms. The lowest BCUT2D eigenvalue weighted by Crippen LogP contribution is -2.52. The van der Waals surface area contributed by atoms with E-state index < -0.39 is 0 Å². The minimum absolute atomic E-state index is 0.750. The Morgan fingerprint density at radius 1 is 1.06 bits per heavy atom. The smallest absolute Gasteiger partial charge is 0.0249 e. The summed E-state index contributed by atoms with van der Waals surface area (Å²) in [6.45, 7) is 10.5. The molecule has 1 N–H and O–H groups in total. The van der Waals surface area contributed by atoms with Gasteiger partial charge in [0.25, 0.3) is 0 Å². The maximum Gasteiger partial charge on any atom is 0.0249 e. The standard InChI is InChI=1S/C14H30N2/c1-4-11-15-13-9-7-8-10-14(13)16(6-3)12-5-2/h13-15H,4-12H2,1-3H3. The number of nitrogens with zero attached hydrogens (tertiary/aromatic N) is 1. The molecule has 0 aliphatic heterocycles. The first kappa shape index (κ1) is 14.0. The minimum atomic E-state index is 0.750. The van der Waals surface area contributed by atoms with E-state index in [0.717, 1.165) is 12.1 Å². The van der Waals surface area contributed by atoms with Gasteiger partial charge in [0.05, 0.1) is 0 Å². The molecule has 1 aliphatic carbocycles. The number of likely N-dealkylation sites (N-methyl/N-ethyl adjacent to an activating group) is 1. The first-order valence-corrected chi connectivity index (χ1v) is 7.30. The lowest BCUT2D eigenvalue weighted by atomic mass is 9.89. The summed E-state index contributed by atoms with van der Waals surface area (Å²) in [6.07, 6.45) is 8.16. The Kier molecular flexibility index (Phi) is 7.06. The average molecular weight is 226 g/mol. The van der Waals surface area contributed by atoms with Crippen LogP contribution in [0.4, 0.5) is 0 Å². The van der Waals surface area contributed by atoms with Crippen LogP contribution in [0.3, 0.4) is 0 Å². The van der Waals surface area contributed by atoms with Gasteiger partial charge in [-0.15, -0.1) is 0 Å². The fourth-order valence-electron chi connectivity index (χ4n) is 2.96. The zero-order chi connectivity index (χ0) is 11.8. The van der Waals surface area contributed by atoms with Crippen LogP contribution < -0.4 is 5.32 Å². The fraction of sp³-hybridized carbons (Fsp3) is 1.00. The summed E-state index contributed by atoms with van der Waals surface area (Å²) >= 11 is 0. The predicted molar refractivity (Wildman–Crippen MR) is 71.9 cm³/mol. The maximum atomic E-state index is 3.75. The van der Waals surface area contributed by atoms with Crippen molar-refractivity contribution in [2.75, 3.05) is 19.6 Å². The first-order valence-electron chi connectivity index (χ1n) is 7.30. The Labute approximate surface area is 102 Å². The van der Waals surface area contributed by atoms with Crippen molar-refractivity contribution in [3.8, 4) is 0 Å². The van der Waals surface area contributed by atoms with Gasteiger partial charge in [-0.3, -0.25) is 4.90 Å². The monoisotopic (exact) mass is 226 g/mol. The van der Waals surface area contributed by atoms with E-state index in [1.54, 1.807) is 0 Å². The van der Waals surface area contributed by atoms with Gasteiger partial charge < -0.3 is 5.32 Å². The molecule has 1 fully saturated rings. The summed E-state index contributed by atoms with van der Waals surface area (Å²) < 4.78 is 0. The molecule has 2 unspecified atom stereocenters. The lowest BCUT2D eigenvalue weighted by Gasteiger charge is -2.40. The van der Waals surface area contributed by atoms with Gasteiger partial charge >= 0.3 is 0 Å². The molecule has 2 heteroatoms. The largest absolute Gasteiger partial charge is 0.312 e. The van der Waals surface area contributed by atoms with Crippen molar-refractivity contribution in [1.29, 1.82) is 0 Å². The van der Waals surface area contributed by atoms with Gasteiger partial charge in [-0.25, -0.2) is 0 Å². The van der Waals surface area contributed by atoms with Crippen LogP contribution in [-0.2, 0) is 0 Å². The summed E-state index contributed by atoms with van der Waals surface area (Å²) in [4.78, 5) is 2.69. The SMILES string of the molecule is CCCNC1CCCCC1N(CC)CCC. The highest BCUT2D eigenvalue weighted by Crippen LogP contribution is 2.23. The van der Waals surface area contributed by atoms with Gasteiger partial charge in [0.15, 0.2) is 0 Å². The molecular formula is C14H30N2. The average Bonchev–Trinajstić information content (AvgIpc) is 2.34. The third-order valence-corrected chi connectivity index (χ3v) is 3.77. The zero-order valence-electron chi connectivity index (χ0n) is 11.5. The molecule has 0 spiro atoms. The number of hydrogen-bond acceptors (Lipinski definition) is 2. The molecular weight excluding hydrogens is 196 g/mol. The second-order valence-electron chi connectivity index (χ2n) is 5.04. The molecule has 0 amide bonds. The third kappa shape index (κ3) is 4.06. The molecule has 0 saturated heterocycles. The van der Waals surface area contributed by atoms with Crippen molar-refractivity contribution in [1.82, 2.24) is 10.2 Å². The van der Waals surface area contributed by atoms with E-state index in [9.17, 15) is 0 Å². The van der Waals surface area contributed by atoms with Crippen LogP contribution in [0.25, 0.3) is 0 Å². The van der Waals surface area contributed by atoms with Crippen LogP contribution in [-0.4, -0.2) is 36.6 Å². The Morgan fingerprint density at radius 3 is 2.44 bits per heavy atom. The molecule has 0 aromatic carbocycles. The van der Waals surface area contributed by atoms with E-state index in [2.05, 4.69) is 31.0 Å². The van der Waals surface area contributed by atoms with Crippen LogP contribution in [0.1, 0.15) is 59.3 Å². The van der Waals surface area contributed by atoms with Gasteiger partial charge in [0, 0.05) is 12.1 Å². The molecule has 1 saturated carbocycles. The second-order valence-corrected chi connectivity index (χ2v) is 5.04. The predicted octanol–water partition coefficient (Wildman–Crippen LogP) is 3.03. The van der Waals surface area contributed by atoms with Gasteiger partial charge in [0.1, 0.15) is 0 Å². The molecule has 0 radical (unpaired) electrons. The number of rotatable bonds is 7. The van der Waals surface area contributed by atoms with E-state index >= 15 is 0 Å². The molecule has 16 heavy (non-hydrogen) atoms. The molecule has 96 valence electrons. The summed E-state index contributed by atoms with van der Waals surface area (Å²) in [5.41, 5.74) is 0. The van der Waals surface area contributed by atoms with Crippen LogP contribution in [0.5, 0.6) is 0 Å². The first-order chi connectivity index (χ1) is 7.83. The summed E-state index contributed by atoms with van der Waals surface area (Å²) in [5, 5.41) is 3.75. The molecule has 2 nitrogen and oxygen atoms in total. The summed E-state index contributed by atoms with van der Waals surface area (Å²) in [6, 6.07) is 1.55. The fourth-order valence-corrected chi connectivity index (χ4v) is 2.96. The Balaban J connectivity index is 2.49. The van der Waals surface area contributed by atoms with E-state index in [1.807, 2.05) is 0 Å². The second kappa shape index (κ2) is 8.08. The van der Waals surface area contributed by atoms with Gasteiger partial charge in [0.2, 0.25) is 0 Å². The van der Waals surface area contributed by atoms with Gasteiger partial charge in [-0.1, -0.05) is 33.6 Å². The Bertz CT molecular complexity index is 170. The minimum Gasteiger partial charge on any atom is -0.312 e. The quantitative estimate of drug-likeness (QED) is 0.718. The van der Waals surface area contributed by atoms with E-state index in [0.29, 0.717) is 0 Å². The topological polar surface area (TPSA) is 15.3 Å². The highest BCUT2D eigenvalue weighted by atomic mass is 15.2.